The Balaban J connectivity index is 1.51. The number of fused-ring (bicyclic) bond motifs is 1. The molecule has 1 aromatic carbocycles. The van der Waals surface area contributed by atoms with Crippen LogP contribution in [0.5, 0.6) is 0 Å². The summed E-state index contributed by atoms with van der Waals surface area (Å²) in [6.07, 6.45) is 2.27. The summed E-state index contributed by atoms with van der Waals surface area (Å²) in [5.41, 5.74) is 0.831. The highest BCUT2D eigenvalue weighted by molar-refractivity contribution is 6.03. The van der Waals surface area contributed by atoms with Gasteiger partial charge in [-0.2, -0.15) is 0 Å². The number of carbonyl (C=O) groups excluding carboxylic acids is 4. The van der Waals surface area contributed by atoms with Crippen LogP contribution < -0.4 is 15.8 Å². The third kappa shape index (κ3) is 5.28. The topological polar surface area (TPSA) is 123 Å². The normalized spacial score (nSPS) is 19.6. The Morgan fingerprint density at radius 3 is 2.41 bits per heavy atom. The van der Waals surface area contributed by atoms with Gasteiger partial charge in [0.25, 0.3) is 17.4 Å². The van der Waals surface area contributed by atoms with Gasteiger partial charge in [0.05, 0.1) is 12.6 Å². The van der Waals surface area contributed by atoms with Crippen molar-refractivity contribution in [1.82, 2.24) is 20.1 Å². The molecule has 1 aromatic heterocycles. The zero-order valence-electron chi connectivity index (χ0n) is 21.6. The first-order chi connectivity index (χ1) is 17.6. The lowest BCUT2D eigenvalue weighted by Crippen LogP contribution is -2.53. The fourth-order valence-electron chi connectivity index (χ4n) is 5.13. The number of anilines is 1. The summed E-state index contributed by atoms with van der Waals surface area (Å²) in [4.78, 5) is 72.2. The molecule has 2 aliphatic rings. The van der Waals surface area contributed by atoms with Gasteiger partial charge >= 0.3 is 0 Å². The van der Waals surface area contributed by atoms with Crippen LogP contribution in [0.25, 0.3) is 0 Å². The molecule has 2 aliphatic heterocycles. The van der Waals surface area contributed by atoms with Gasteiger partial charge in [-0.15, -0.1) is 0 Å². The van der Waals surface area contributed by atoms with E-state index >= 15 is 0 Å². The first-order valence-corrected chi connectivity index (χ1v) is 12.5. The van der Waals surface area contributed by atoms with Crippen LogP contribution in [0.2, 0.25) is 0 Å². The quantitative estimate of drug-likeness (QED) is 0.582. The number of Topliss-reactive ketones (excluding diaryl/α,β-unsaturated/α-hetero) is 1. The van der Waals surface area contributed by atoms with E-state index in [1.807, 2.05) is 45.0 Å². The molecule has 4 rings (SSSR count). The van der Waals surface area contributed by atoms with E-state index in [1.165, 1.54) is 22.1 Å². The van der Waals surface area contributed by atoms with Crippen LogP contribution in [0.3, 0.4) is 0 Å². The minimum Gasteiger partial charge on any atom is -0.378 e. The molecule has 2 aromatic rings. The van der Waals surface area contributed by atoms with Gasteiger partial charge in [0.1, 0.15) is 17.6 Å². The highest BCUT2D eigenvalue weighted by Crippen LogP contribution is 2.31. The monoisotopic (exact) mass is 507 g/mol. The van der Waals surface area contributed by atoms with Gasteiger partial charge in [0.15, 0.2) is 5.78 Å². The van der Waals surface area contributed by atoms with Gasteiger partial charge in [0, 0.05) is 38.1 Å². The summed E-state index contributed by atoms with van der Waals surface area (Å²) >= 11 is 0. The van der Waals surface area contributed by atoms with Crippen molar-refractivity contribution in [3.8, 4) is 0 Å². The molecule has 0 saturated carbocycles. The van der Waals surface area contributed by atoms with E-state index in [1.54, 1.807) is 18.2 Å². The Bertz CT molecular complexity index is 1250. The van der Waals surface area contributed by atoms with Crippen LogP contribution in [0, 0.1) is 5.92 Å². The van der Waals surface area contributed by atoms with Gasteiger partial charge in [-0.25, -0.2) is 0 Å². The Morgan fingerprint density at radius 2 is 1.78 bits per heavy atom. The Labute approximate surface area is 215 Å². The zero-order valence-corrected chi connectivity index (χ0v) is 21.6. The van der Waals surface area contributed by atoms with E-state index in [2.05, 4.69) is 10.3 Å². The summed E-state index contributed by atoms with van der Waals surface area (Å²) in [6.45, 7) is 4.05. The smallest absolute Gasteiger partial charge is 0.260 e. The fourth-order valence-corrected chi connectivity index (χ4v) is 5.13. The molecule has 0 aliphatic carbocycles. The van der Waals surface area contributed by atoms with Gasteiger partial charge < -0.3 is 25.0 Å². The second-order valence-corrected chi connectivity index (χ2v) is 10.2. The molecular weight excluding hydrogens is 474 g/mol. The number of hydrogen-bond donors (Lipinski definition) is 2. The number of ketones is 1. The molecule has 3 unspecified atom stereocenters. The number of hydrogen-bond acceptors (Lipinski definition) is 6. The van der Waals surface area contributed by atoms with Crippen molar-refractivity contribution < 1.29 is 19.2 Å². The predicted octanol–water partition coefficient (Wildman–Crippen LogP) is 1.28. The highest BCUT2D eigenvalue weighted by Gasteiger charge is 2.52. The van der Waals surface area contributed by atoms with E-state index in [0.29, 0.717) is 18.4 Å². The summed E-state index contributed by atoms with van der Waals surface area (Å²) in [5.74, 6) is -1.35. The fraction of sp³-hybridized carbons (Fsp3) is 0.444. The van der Waals surface area contributed by atoms with Crippen LogP contribution in [0.1, 0.15) is 47.4 Å². The molecule has 2 saturated heterocycles. The number of nitrogens with zero attached hydrogens (tertiary/aromatic N) is 3. The van der Waals surface area contributed by atoms with Crippen LogP contribution in [0.4, 0.5) is 5.69 Å². The number of amides is 3. The summed E-state index contributed by atoms with van der Waals surface area (Å²) in [5, 5.41) is 2.87. The lowest BCUT2D eigenvalue weighted by atomic mass is 10.0. The minimum absolute atomic E-state index is 0.0361. The molecule has 0 radical (unpaired) electrons. The number of pyridine rings is 1. The van der Waals surface area contributed by atoms with Crippen LogP contribution in [-0.4, -0.2) is 83.6 Å². The maximum atomic E-state index is 13.7. The first kappa shape index (κ1) is 26.1. The maximum absolute atomic E-state index is 13.7. The minimum atomic E-state index is -0.811. The van der Waals surface area contributed by atoms with E-state index in [9.17, 15) is 24.0 Å². The molecular formula is C27H33N5O5. The maximum Gasteiger partial charge on any atom is 0.260 e. The molecule has 2 N–H and O–H groups in total. The van der Waals surface area contributed by atoms with Crippen LogP contribution in [-0.2, 0) is 9.59 Å². The molecule has 196 valence electrons. The molecule has 3 amide bonds. The second kappa shape index (κ2) is 10.6. The van der Waals surface area contributed by atoms with Crippen molar-refractivity contribution in [3.05, 3.63) is 64.1 Å². The van der Waals surface area contributed by atoms with Gasteiger partial charge in [-0.3, -0.25) is 24.0 Å². The number of aromatic amines is 1. The third-order valence-electron chi connectivity index (χ3n) is 6.97. The number of aromatic nitrogens is 1. The highest BCUT2D eigenvalue weighted by atomic mass is 16.2. The molecule has 10 nitrogen and oxygen atoms in total. The van der Waals surface area contributed by atoms with Crippen molar-refractivity contribution in [2.75, 3.05) is 32.1 Å². The Morgan fingerprint density at radius 1 is 1.08 bits per heavy atom. The largest absolute Gasteiger partial charge is 0.378 e. The number of H-pyrrole nitrogens is 1. The Hall–Kier alpha value is -3.95. The average molecular weight is 508 g/mol. The van der Waals surface area contributed by atoms with Crippen molar-refractivity contribution in [2.45, 2.75) is 44.8 Å². The van der Waals surface area contributed by atoms with Crippen LogP contribution >= 0.6 is 0 Å². The Kier molecular flexibility index (Phi) is 7.47. The molecule has 10 heteroatoms. The summed E-state index contributed by atoms with van der Waals surface area (Å²) < 4.78 is 0. The average Bonchev–Trinajstić information content (AvgIpc) is 3.44. The van der Waals surface area contributed by atoms with Gasteiger partial charge in [-0.05, 0) is 55.2 Å². The van der Waals surface area contributed by atoms with E-state index in [-0.39, 0.29) is 42.2 Å². The standard InChI is InChI=1S/C27H33N5O5/c1-16(2)14-20(29-24(34)17-7-9-18(10-8-17)30(3)4)27(37)31-13-11-21-23(31)22(33)15-32(21)26(36)19-6-5-12-28-25(19)35/h5-10,12,16,20-21,23H,11,13-15H2,1-4H3,(H,28,35)(H,29,34). The molecule has 3 heterocycles. The van der Waals surface area contributed by atoms with Crippen molar-refractivity contribution >= 4 is 29.2 Å². The number of rotatable bonds is 7. The number of carbonyl (C=O) groups is 4. The zero-order chi connectivity index (χ0) is 26.9. The molecule has 37 heavy (non-hydrogen) atoms. The lowest BCUT2D eigenvalue weighted by molar-refractivity contribution is -0.138. The number of likely N-dealkylation sites (tertiary alicyclic amines) is 2. The van der Waals surface area contributed by atoms with Crippen molar-refractivity contribution in [3.63, 3.8) is 0 Å². The van der Waals surface area contributed by atoms with E-state index in [4.69, 9.17) is 0 Å². The number of benzene rings is 1. The van der Waals surface area contributed by atoms with Gasteiger partial charge in [0.2, 0.25) is 5.91 Å². The molecule has 0 bridgehead atoms. The second-order valence-electron chi connectivity index (χ2n) is 10.2. The van der Waals surface area contributed by atoms with E-state index < -0.39 is 29.6 Å². The molecule has 3 atom stereocenters. The number of nitrogens with one attached hydrogen (secondary N) is 2. The SMILES string of the molecule is CC(C)CC(NC(=O)c1ccc(N(C)C)cc1)C(=O)N1CCC2C1C(=O)CN2C(=O)c1ccc[nH]c1=O. The van der Waals surface area contributed by atoms with Crippen LogP contribution in [0.15, 0.2) is 47.4 Å². The van der Waals surface area contributed by atoms with Crippen molar-refractivity contribution in [2.24, 2.45) is 5.92 Å². The third-order valence-corrected chi connectivity index (χ3v) is 6.97. The molecule has 2 fully saturated rings. The summed E-state index contributed by atoms with van der Waals surface area (Å²) in [7, 11) is 3.82. The molecule has 0 spiro atoms. The summed E-state index contributed by atoms with van der Waals surface area (Å²) in [6, 6.07) is 7.97. The van der Waals surface area contributed by atoms with Gasteiger partial charge in [-0.1, -0.05) is 13.8 Å². The van der Waals surface area contributed by atoms with Crippen molar-refractivity contribution in [1.29, 1.82) is 0 Å². The first-order valence-electron chi connectivity index (χ1n) is 12.5. The van der Waals surface area contributed by atoms with E-state index in [0.717, 1.165) is 5.69 Å². The predicted molar refractivity (Wildman–Crippen MR) is 138 cm³/mol. The lowest BCUT2D eigenvalue weighted by Gasteiger charge is -2.29.